The Balaban J connectivity index is 1.38. The van der Waals surface area contributed by atoms with Gasteiger partial charge in [0.15, 0.2) is 6.54 Å². The number of aryl methyl sites for hydroxylation is 1. The van der Waals surface area contributed by atoms with Crippen LogP contribution in [0, 0.1) is 6.92 Å². The summed E-state index contributed by atoms with van der Waals surface area (Å²) in [6, 6.07) is 16.4. The van der Waals surface area contributed by atoms with Crippen LogP contribution in [-0.4, -0.2) is 38.6 Å². The first-order valence-corrected chi connectivity index (χ1v) is 9.70. The highest BCUT2D eigenvalue weighted by atomic mass is 35.5. The standard InChI is InChI=1S/C21H26ClN3O/c1-17-3-2-4-19(13-17)15-24-9-11-25(12-10-24)16-21(26)23-14-18-5-7-20(22)8-6-18/h2-8,13H,9-12,14-16H2,1H3,(H,23,26)/p+2. The third kappa shape index (κ3) is 5.84. The first-order valence-electron chi connectivity index (χ1n) is 9.32. The Morgan fingerprint density at radius 3 is 2.38 bits per heavy atom. The summed E-state index contributed by atoms with van der Waals surface area (Å²) in [5, 5.41) is 3.73. The number of quaternary nitrogens is 2. The van der Waals surface area contributed by atoms with Crippen LogP contribution >= 0.6 is 11.6 Å². The maximum atomic E-state index is 12.2. The van der Waals surface area contributed by atoms with Crippen molar-refractivity contribution in [3.05, 3.63) is 70.2 Å². The summed E-state index contributed by atoms with van der Waals surface area (Å²) >= 11 is 5.88. The van der Waals surface area contributed by atoms with Crippen molar-refractivity contribution in [2.24, 2.45) is 0 Å². The van der Waals surface area contributed by atoms with Gasteiger partial charge in [0.1, 0.15) is 32.7 Å². The molecule has 0 saturated carbocycles. The second-order valence-electron chi connectivity index (χ2n) is 7.25. The Bertz CT molecular complexity index is 724. The van der Waals surface area contributed by atoms with E-state index >= 15 is 0 Å². The van der Waals surface area contributed by atoms with E-state index in [9.17, 15) is 4.79 Å². The number of benzene rings is 2. The van der Waals surface area contributed by atoms with E-state index in [1.165, 1.54) is 16.0 Å². The zero-order valence-electron chi connectivity index (χ0n) is 15.4. The molecule has 0 spiro atoms. The predicted molar refractivity (Wildman–Crippen MR) is 104 cm³/mol. The van der Waals surface area contributed by atoms with Crippen LogP contribution in [0.2, 0.25) is 5.02 Å². The Hall–Kier alpha value is -1.88. The maximum absolute atomic E-state index is 12.2. The summed E-state index contributed by atoms with van der Waals surface area (Å²) in [7, 11) is 0. The van der Waals surface area contributed by atoms with E-state index in [0.717, 1.165) is 43.3 Å². The first-order chi connectivity index (χ1) is 12.6. The fourth-order valence-corrected chi connectivity index (χ4v) is 3.64. The van der Waals surface area contributed by atoms with Crippen molar-refractivity contribution in [3.8, 4) is 0 Å². The summed E-state index contributed by atoms with van der Waals surface area (Å²) < 4.78 is 0. The van der Waals surface area contributed by atoms with Gasteiger partial charge in [0, 0.05) is 17.1 Å². The molecule has 5 heteroatoms. The Kier molecular flexibility index (Phi) is 6.67. The molecule has 4 nitrogen and oxygen atoms in total. The topological polar surface area (TPSA) is 38.0 Å². The largest absolute Gasteiger partial charge is 0.347 e. The molecule has 3 N–H and O–H groups in total. The second-order valence-corrected chi connectivity index (χ2v) is 7.68. The molecule has 138 valence electrons. The molecule has 0 unspecified atom stereocenters. The molecular weight excluding hydrogens is 346 g/mol. The highest BCUT2D eigenvalue weighted by molar-refractivity contribution is 6.30. The molecule has 0 aliphatic carbocycles. The fraction of sp³-hybridized carbons (Fsp3) is 0.381. The molecule has 0 radical (unpaired) electrons. The van der Waals surface area contributed by atoms with Crippen LogP contribution in [0.4, 0.5) is 0 Å². The predicted octanol–water partition coefficient (Wildman–Crippen LogP) is 0.248. The van der Waals surface area contributed by atoms with Crippen molar-refractivity contribution in [2.45, 2.75) is 20.0 Å². The van der Waals surface area contributed by atoms with Crippen LogP contribution in [0.25, 0.3) is 0 Å². The van der Waals surface area contributed by atoms with Crippen LogP contribution in [0.1, 0.15) is 16.7 Å². The number of halogens is 1. The number of rotatable bonds is 6. The smallest absolute Gasteiger partial charge is 0.275 e. The van der Waals surface area contributed by atoms with Crippen molar-refractivity contribution in [3.63, 3.8) is 0 Å². The number of piperazine rings is 1. The minimum atomic E-state index is 0.122. The van der Waals surface area contributed by atoms with E-state index < -0.39 is 0 Å². The van der Waals surface area contributed by atoms with Gasteiger partial charge in [-0.15, -0.1) is 0 Å². The van der Waals surface area contributed by atoms with Gasteiger partial charge in [-0.25, -0.2) is 0 Å². The fourth-order valence-electron chi connectivity index (χ4n) is 3.51. The number of nitrogens with one attached hydrogen (secondary N) is 3. The van der Waals surface area contributed by atoms with Crippen molar-refractivity contribution in [1.82, 2.24) is 5.32 Å². The molecule has 26 heavy (non-hydrogen) atoms. The summed E-state index contributed by atoms with van der Waals surface area (Å²) in [6.45, 7) is 8.69. The molecule has 0 bridgehead atoms. The summed E-state index contributed by atoms with van der Waals surface area (Å²) in [5.41, 5.74) is 3.80. The molecule has 2 aromatic rings. The number of amides is 1. The molecule has 2 aromatic carbocycles. The average molecular weight is 374 g/mol. The van der Waals surface area contributed by atoms with E-state index in [4.69, 9.17) is 11.6 Å². The van der Waals surface area contributed by atoms with Crippen molar-refractivity contribution in [1.29, 1.82) is 0 Å². The van der Waals surface area contributed by atoms with Crippen molar-refractivity contribution in [2.75, 3.05) is 32.7 Å². The van der Waals surface area contributed by atoms with E-state index in [0.29, 0.717) is 13.1 Å². The van der Waals surface area contributed by atoms with Gasteiger partial charge in [-0.2, -0.15) is 0 Å². The maximum Gasteiger partial charge on any atom is 0.275 e. The van der Waals surface area contributed by atoms with Crippen LogP contribution < -0.4 is 15.1 Å². The summed E-state index contributed by atoms with van der Waals surface area (Å²) in [4.78, 5) is 15.2. The second kappa shape index (κ2) is 9.17. The lowest BCUT2D eigenvalue weighted by molar-refractivity contribution is -1.02. The highest BCUT2D eigenvalue weighted by Crippen LogP contribution is 2.08. The monoisotopic (exact) mass is 373 g/mol. The molecule has 1 saturated heterocycles. The van der Waals surface area contributed by atoms with E-state index in [-0.39, 0.29) is 5.91 Å². The van der Waals surface area contributed by atoms with E-state index in [1.807, 2.05) is 24.3 Å². The zero-order chi connectivity index (χ0) is 18.4. The van der Waals surface area contributed by atoms with Crippen molar-refractivity contribution >= 4 is 17.5 Å². The summed E-state index contributed by atoms with van der Waals surface area (Å²) in [5.74, 6) is 0.122. The van der Waals surface area contributed by atoms with Crippen molar-refractivity contribution < 1.29 is 14.6 Å². The van der Waals surface area contributed by atoms with Gasteiger partial charge in [-0.05, 0) is 24.6 Å². The third-order valence-electron chi connectivity index (χ3n) is 5.01. The minimum Gasteiger partial charge on any atom is -0.347 e. The molecular formula is C21H28ClN3O+2. The Morgan fingerprint density at radius 2 is 1.69 bits per heavy atom. The van der Waals surface area contributed by atoms with Gasteiger partial charge < -0.3 is 15.1 Å². The number of hydrogen-bond donors (Lipinski definition) is 3. The minimum absolute atomic E-state index is 0.122. The quantitative estimate of drug-likeness (QED) is 0.667. The van der Waals surface area contributed by atoms with Crippen LogP contribution in [0.3, 0.4) is 0 Å². The molecule has 1 amide bonds. The summed E-state index contributed by atoms with van der Waals surface area (Å²) in [6.07, 6.45) is 0. The molecule has 1 fully saturated rings. The molecule has 1 heterocycles. The molecule has 1 aliphatic rings. The Labute approximate surface area is 160 Å². The molecule has 1 aliphatic heterocycles. The van der Waals surface area contributed by atoms with E-state index in [2.05, 4.69) is 36.5 Å². The lowest BCUT2D eigenvalue weighted by atomic mass is 10.1. The zero-order valence-corrected chi connectivity index (χ0v) is 16.1. The number of carbonyl (C=O) groups is 1. The molecule has 0 atom stereocenters. The third-order valence-corrected chi connectivity index (χ3v) is 5.27. The van der Waals surface area contributed by atoms with E-state index in [1.54, 1.807) is 4.90 Å². The lowest BCUT2D eigenvalue weighted by Gasteiger charge is -2.29. The lowest BCUT2D eigenvalue weighted by Crippen LogP contribution is -3.28. The SMILES string of the molecule is Cc1cccc(C[NH+]2CC[NH+](CC(=O)NCc3ccc(Cl)cc3)CC2)c1. The Morgan fingerprint density at radius 1 is 1.00 bits per heavy atom. The highest BCUT2D eigenvalue weighted by Gasteiger charge is 2.24. The van der Waals surface area contributed by atoms with Gasteiger partial charge in [0.2, 0.25) is 0 Å². The average Bonchev–Trinajstić information content (AvgIpc) is 2.63. The van der Waals surface area contributed by atoms with Gasteiger partial charge >= 0.3 is 0 Å². The molecule has 3 rings (SSSR count). The van der Waals surface area contributed by atoms with Gasteiger partial charge in [0.05, 0.1) is 0 Å². The normalized spacial score (nSPS) is 19.9. The first kappa shape index (κ1) is 18.9. The van der Waals surface area contributed by atoms with Gasteiger partial charge in [-0.1, -0.05) is 53.6 Å². The van der Waals surface area contributed by atoms with Crippen LogP contribution in [0.5, 0.6) is 0 Å². The van der Waals surface area contributed by atoms with Gasteiger partial charge in [0.25, 0.3) is 5.91 Å². The van der Waals surface area contributed by atoms with Gasteiger partial charge in [-0.3, -0.25) is 4.79 Å². The van der Waals surface area contributed by atoms with Crippen LogP contribution in [-0.2, 0) is 17.9 Å². The molecule has 0 aromatic heterocycles. The van der Waals surface area contributed by atoms with Crippen LogP contribution in [0.15, 0.2) is 48.5 Å². The number of hydrogen-bond acceptors (Lipinski definition) is 1. The number of carbonyl (C=O) groups excluding carboxylic acids is 1.